The SMILES string of the molecule is CCCCCCCCCCCCCCCC(=O)C(C(=O)CCCCCCCCCCCCCCC)[N+](C)(C(C(=O)CCCCCCCCCCCCCCC)(C(=O)CCCCCCCCCCCCCCC)C(=O)CCCCCCCCCCCCCCC)C(C(=O)CCCCCCCCCCCCCCC)(C(=O)CCCCCCCCCCCCCCC)C(O)(CC(=O)[O-])C(=O)CCCCCCCCCCCCCCC. The molecule has 0 aliphatic rings. The van der Waals surface area contributed by atoms with Crippen LogP contribution in [0.2, 0.25) is 0 Å². The van der Waals surface area contributed by atoms with E-state index in [-0.39, 0.29) is 83.5 Å². The van der Waals surface area contributed by atoms with Crippen molar-refractivity contribution in [2.45, 2.75) is 804 Å². The molecule has 12 heteroatoms. The highest BCUT2D eigenvalue weighted by Gasteiger charge is 2.84. The average molecular weight is 2070 g/mol. The maximum absolute atomic E-state index is 18.5. The molecule has 147 heavy (non-hydrogen) atoms. The summed E-state index contributed by atoms with van der Waals surface area (Å²) in [6.07, 6.45) is 99.5. The van der Waals surface area contributed by atoms with Crippen molar-refractivity contribution in [2.75, 3.05) is 7.05 Å². The average Bonchev–Trinajstić information content (AvgIpc) is 0.660. The number of carbonyl (C=O) groups is 9. The first-order valence-corrected chi connectivity index (χ1v) is 66.9. The maximum Gasteiger partial charge on any atom is 0.277 e. The van der Waals surface area contributed by atoms with Gasteiger partial charge in [0.05, 0.1) is 7.05 Å². The van der Waals surface area contributed by atoms with Crippen LogP contribution in [0, 0.1) is 0 Å². The zero-order valence-corrected chi connectivity index (χ0v) is 100. The lowest BCUT2D eigenvalue weighted by atomic mass is 9.59. The first-order chi connectivity index (χ1) is 71.9. The van der Waals surface area contributed by atoms with Crippen molar-refractivity contribution in [1.29, 1.82) is 0 Å². The molecule has 0 bridgehead atoms. The molecule has 0 rings (SSSR count). The predicted molar refractivity (Wildman–Crippen MR) is 633 cm³/mol. The van der Waals surface area contributed by atoms with Crippen molar-refractivity contribution in [1.82, 2.24) is 0 Å². The molecule has 0 aromatic carbocycles. The zero-order valence-electron chi connectivity index (χ0n) is 100. The Morgan fingerprint density at radius 3 is 0.429 bits per heavy atom. The number of nitrogens with zero attached hydrogens (tertiary/aromatic N) is 1. The van der Waals surface area contributed by atoms with Crippen molar-refractivity contribution in [3.8, 4) is 0 Å². The van der Waals surface area contributed by atoms with Crippen LogP contribution in [-0.4, -0.2) is 91.6 Å². The van der Waals surface area contributed by atoms with E-state index >= 15 is 43.5 Å². The number of hydrogen-bond acceptors (Lipinski definition) is 11. The number of carbonyl (C=O) groups excluding carboxylic acids is 9. The minimum Gasteiger partial charge on any atom is -0.550 e. The van der Waals surface area contributed by atoms with Gasteiger partial charge in [0, 0.05) is 63.8 Å². The van der Waals surface area contributed by atoms with Crippen molar-refractivity contribution < 1.29 is 57.8 Å². The van der Waals surface area contributed by atoms with Gasteiger partial charge < -0.3 is 15.0 Å². The molecule has 0 aliphatic heterocycles. The largest absolute Gasteiger partial charge is 0.550 e. The third-order valence-corrected chi connectivity index (χ3v) is 34.1. The molecule has 2 unspecified atom stereocenters. The summed E-state index contributed by atoms with van der Waals surface area (Å²) < 4.78 is -1.80. The molecule has 0 radical (unpaired) electrons. The normalized spacial score (nSPS) is 12.8. The van der Waals surface area contributed by atoms with Gasteiger partial charge in [0.25, 0.3) is 11.1 Å². The lowest BCUT2D eigenvalue weighted by molar-refractivity contribution is -0.970. The van der Waals surface area contributed by atoms with E-state index in [0.29, 0.717) is 64.2 Å². The molecule has 0 amide bonds. The van der Waals surface area contributed by atoms with E-state index in [2.05, 4.69) is 55.4 Å². The number of unbranched alkanes of at least 4 members (excludes halogenated alkanes) is 96. The number of aliphatic hydroxyl groups is 1. The minimum absolute atomic E-state index is 0.128. The van der Waals surface area contributed by atoms with Gasteiger partial charge in [0.2, 0.25) is 35.0 Å². The van der Waals surface area contributed by atoms with Gasteiger partial charge in [-0.15, -0.1) is 0 Å². The van der Waals surface area contributed by atoms with Gasteiger partial charge >= 0.3 is 0 Å². The number of carboxylic acid groups (broad SMARTS) is 1. The third-order valence-electron chi connectivity index (χ3n) is 34.1. The van der Waals surface area contributed by atoms with E-state index in [1.165, 1.54) is 315 Å². The molecule has 0 aromatic rings. The van der Waals surface area contributed by atoms with Gasteiger partial charge in [0.15, 0.2) is 23.0 Å². The number of hydrogen-bond donors (Lipinski definition) is 1. The van der Waals surface area contributed by atoms with Crippen LogP contribution in [0.3, 0.4) is 0 Å². The predicted octanol–water partition coefficient (Wildman–Crippen LogP) is 41.6. The number of ketones is 8. The second kappa shape index (κ2) is 107. The summed E-state index contributed by atoms with van der Waals surface area (Å²) in [6.45, 7) is 18.0. The Morgan fingerprint density at radius 2 is 0.293 bits per heavy atom. The Hall–Kier alpha value is -3.25. The highest BCUT2D eigenvalue weighted by molar-refractivity contribution is 6.30. The fourth-order valence-corrected chi connectivity index (χ4v) is 24.6. The Bertz CT molecular complexity index is 2790. The van der Waals surface area contributed by atoms with Crippen LogP contribution in [-0.2, 0) is 43.2 Å². The number of rotatable bonds is 126. The standard InChI is InChI=1S/C135H255NO11/c1-10-18-26-34-42-50-58-66-74-82-90-98-106-114-123(137)132(124(138)115-107-99-91-83-75-67-59-51-43-35-27-19-11-2)136(9,134(126(140)117-109-101-93-85-77-69-61-53-45-37-29-21-13-4,127(141)118-110-102-94-86-78-70-62-54-46-38-30-22-14-5)128(142)119-111-103-95-87-79-71-63-55-47-39-31-23-15-6)135(129(143)120-112-104-96-88-80-72-64-56-48-40-32-24-16-7,130(144)121-113-105-97-89-81-73-65-57-49-41-33-25-17-8)133(147,122-131(145)146)125(139)116-108-100-92-84-76-68-60-52-44-36-28-20-12-3/h132,147H,10-122H2,1-9H3. The summed E-state index contributed by atoms with van der Waals surface area (Å²) in [7, 11) is 1.35. The molecule has 0 spiro atoms. The van der Waals surface area contributed by atoms with E-state index in [1.807, 2.05) is 0 Å². The summed E-state index contributed by atoms with van der Waals surface area (Å²) in [4.78, 5) is 160. The van der Waals surface area contributed by atoms with Gasteiger partial charge in [0.1, 0.15) is 0 Å². The number of quaternary nitrogens is 1. The Balaban J connectivity index is 10.4. The van der Waals surface area contributed by atoms with E-state index in [4.69, 9.17) is 0 Å². The molecule has 0 heterocycles. The van der Waals surface area contributed by atoms with Crippen molar-refractivity contribution in [3.05, 3.63) is 0 Å². The van der Waals surface area contributed by atoms with Gasteiger partial charge in [-0.25, -0.2) is 0 Å². The molecule has 866 valence electrons. The molecule has 12 nitrogen and oxygen atoms in total. The van der Waals surface area contributed by atoms with Crippen molar-refractivity contribution in [2.24, 2.45) is 0 Å². The fraction of sp³-hybridized carbons (Fsp3) is 0.933. The van der Waals surface area contributed by atoms with Gasteiger partial charge in [-0.1, -0.05) is 672 Å². The van der Waals surface area contributed by atoms with Crippen LogP contribution in [0.1, 0.15) is 781 Å². The Morgan fingerprint density at radius 1 is 0.177 bits per heavy atom. The fourth-order valence-electron chi connectivity index (χ4n) is 24.6. The van der Waals surface area contributed by atoms with Crippen LogP contribution in [0.5, 0.6) is 0 Å². The van der Waals surface area contributed by atoms with Crippen LogP contribution < -0.4 is 5.11 Å². The quantitative estimate of drug-likeness (QED) is 0.0345. The Labute approximate surface area is 915 Å². The van der Waals surface area contributed by atoms with Crippen LogP contribution >= 0.6 is 0 Å². The molecular weight excluding hydrogens is 1810 g/mol. The molecule has 0 saturated carbocycles. The number of carboxylic acids is 1. The molecule has 0 fully saturated rings. The monoisotopic (exact) mass is 2070 g/mol. The van der Waals surface area contributed by atoms with Gasteiger partial charge in [-0.3, -0.25) is 42.8 Å². The topological polar surface area (TPSA) is 197 Å². The van der Waals surface area contributed by atoms with Crippen molar-refractivity contribution in [3.63, 3.8) is 0 Å². The van der Waals surface area contributed by atoms with Gasteiger partial charge in [-0.2, -0.15) is 0 Å². The number of Topliss-reactive ketones (excluding diaryl/α,β-unsaturated/α-hetero) is 8. The highest BCUT2D eigenvalue weighted by atomic mass is 16.4. The summed E-state index contributed by atoms with van der Waals surface area (Å²) in [5, 5.41) is 30.5. The molecule has 0 saturated heterocycles. The highest BCUT2D eigenvalue weighted by Crippen LogP contribution is 2.53. The van der Waals surface area contributed by atoms with Crippen molar-refractivity contribution >= 4 is 52.2 Å². The van der Waals surface area contributed by atoms with E-state index in [0.717, 1.165) is 244 Å². The molecule has 2 atom stereocenters. The van der Waals surface area contributed by atoms with Crippen LogP contribution in [0.25, 0.3) is 0 Å². The summed E-state index contributed by atoms with van der Waals surface area (Å²) >= 11 is 0. The minimum atomic E-state index is -3.66. The smallest absolute Gasteiger partial charge is 0.277 e. The summed E-state index contributed by atoms with van der Waals surface area (Å²) in [5.74, 6) is -9.26. The van der Waals surface area contributed by atoms with Gasteiger partial charge in [-0.05, 0) is 51.4 Å². The lowest BCUT2D eigenvalue weighted by Crippen LogP contribution is -2.93. The third kappa shape index (κ3) is 71.6. The van der Waals surface area contributed by atoms with E-state index < -0.39 is 105 Å². The molecule has 0 aliphatic carbocycles. The summed E-state index contributed by atoms with van der Waals surface area (Å²) in [5.41, 5.74) is -10.5. The number of likely N-dealkylation sites (N-methyl/N-ethyl adjacent to an activating group) is 1. The maximum atomic E-state index is 18.5. The van der Waals surface area contributed by atoms with Crippen LogP contribution in [0.4, 0.5) is 0 Å². The molecule has 1 N–H and O–H groups in total. The molecular formula is C135H255NO11. The summed E-state index contributed by atoms with van der Waals surface area (Å²) in [6, 6.07) is -2.31. The Kier molecular flexibility index (Phi) is 105. The van der Waals surface area contributed by atoms with E-state index in [9.17, 15) is 9.90 Å². The van der Waals surface area contributed by atoms with E-state index in [1.54, 1.807) is 0 Å². The van der Waals surface area contributed by atoms with Crippen LogP contribution in [0.15, 0.2) is 0 Å². The molecule has 0 aromatic heterocycles. The lowest BCUT2D eigenvalue weighted by Gasteiger charge is -2.62. The second-order valence-electron chi connectivity index (χ2n) is 47.7. The first-order valence-electron chi connectivity index (χ1n) is 66.9. The first kappa shape index (κ1) is 144. The number of aliphatic carboxylic acids is 1. The second-order valence-corrected chi connectivity index (χ2v) is 47.7. The zero-order chi connectivity index (χ0) is 108.